The first-order valence-corrected chi connectivity index (χ1v) is 7.34. The Kier molecular flexibility index (Phi) is 4.88. The molecule has 0 saturated carbocycles. The normalized spacial score (nSPS) is 12.7. The zero-order chi connectivity index (χ0) is 14.7. The van der Waals surface area contributed by atoms with Gasteiger partial charge in [-0.15, -0.1) is 0 Å². The Bertz CT molecular complexity index is 597. The molecule has 0 amide bonds. The summed E-state index contributed by atoms with van der Waals surface area (Å²) in [7, 11) is 3.74. The molecule has 1 N–H and O–H groups in total. The molecule has 1 unspecified atom stereocenters. The molecule has 0 saturated heterocycles. The van der Waals surface area contributed by atoms with Gasteiger partial charge in [-0.2, -0.15) is 5.10 Å². The molecule has 6 heteroatoms. The van der Waals surface area contributed by atoms with Crippen LogP contribution in [0.4, 0.5) is 4.39 Å². The fourth-order valence-electron chi connectivity index (χ4n) is 2.27. The van der Waals surface area contributed by atoms with Crippen molar-refractivity contribution in [2.45, 2.75) is 25.8 Å². The van der Waals surface area contributed by atoms with Gasteiger partial charge in [0.2, 0.25) is 0 Å². The van der Waals surface area contributed by atoms with Crippen molar-refractivity contribution < 1.29 is 4.39 Å². The smallest absolute Gasteiger partial charge is 0.146 e. The summed E-state index contributed by atoms with van der Waals surface area (Å²) < 4.78 is 16.7. The van der Waals surface area contributed by atoms with E-state index in [4.69, 9.17) is 0 Å². The number of pyridine rings is 1. The van der Waals surface area contributed by atoms with Gasteiger partial charge in [0.25, 0.3) is 0 Å². The Morgan fingerprint density at radius 1 is 1.50 bits per heavy atom. The minimum absolute atomic E-state index is 0.116. The summed E-state index contributed by atoms with van der Waals surface area (Å²) >= 11 is 3.59. The highest BCUT2D eigenvalue weighted by atomic mass is 79.9. The monoisotopic (exact) mass is 340 g/mol. The van der Waals surface area contributed by atoms with E-state index in [-0.39, 0.29) is 11.9 Å². The predicted octanol–water partition coefficient (Wildman–Crippen LogP) is 2.78. The average molecular weight is 341 g/mol. The second-order valence-electron chi connectivity index (χ2n) is 4.63. The molecule has 0 spiro atoms. The number of aryl methyl sites for hydroxylation is 2. The molecule has 4 nitrogen and oxygen atoms in total. The SMILES string of the molecule is CCc1nn(C)c(CC(NC)c2ccncc2F)c1Br. The first-order valence-electron chi connectivity index (χ1n) is 6.55. The minimum Gasteiger partial charge on any atom is -0.313 e. The van der Waals surface area contributed by atoms with Gasteiger partial charge in [-0.25, -0.2) is 4.39 Å². The Morgan fingerprint density at radius 3 is 2.80 bits per heavy atom. The van der Waals surface area contributed by atoms with Gasteiger partial charge in [0.15, 0.2) is 0 Å². The summed E-state index contributed by atoms with van der Waals surface area (Å²) in [5.41, 5.74) is 2.69. The fraction of sp³-hybridized carbons (Fsp3) is 0.429. The summed E-state index contributed by atoms with van der Waals surface area (Å²) in [4.78, 5) is 3.79. The van der Waals surface area contributed by atoms with Crippen molar-refractivity contribution in [3.05, 3.63) is 45.7 Å². The first-order chi connectivity index (χ1) is 9.58. The summed E-state index contributed by atoms with van der Waals surface area (Å²) in [6.45, 7) is 2.06. The number of hydrogen-bond donors (Lipinski definition) is 1. The van der Waals surface area contributed by atoms with Gasteiger partial charge in [-0.05, 0) is 35.5 Å². The van der Waals surface area contributed by atoms with Gasteiger partial charge in [0.05, 0.1) is 22.1 Å². The van der Waals surface area contributed by atoms with E-state index in [2.05, 4.69) is 38.3 Å². The highest BCUT2D eigenvalue weighted by molar-refractivity contribution is 9.10. The van der Waals surface area contributed by atoms with Gasteiger partial charge < -0.3 is 5.32 Å². The third kappa shape index (κ3) is 2.91. The second kappa shape index (κ2) is 6.45. The minimum atomic E-state index is -0.291. The van der Waals surface area contributed by atoms with E-state index in [1.165, 1.54) is 6.20 Å². The Hall–Kier alpha value is -1.27. The molecule has 2 aromatic heterocycles. The number of hydrogen-bond acceptors (Lipinski definition) is 3. The molecule has 2 aromatic rings. The van der Waals surface area contributed by atoms with Gasteiger partial charge >= 0.3 is 0 Å². The quantitative estimate of drug-likeness (QED) is 0.909. The summed E-state index contributed by atoms with van der Waals surface area (Å²) in [6.07, 6.45) is 4.37. The fourth-order valence-corrected chi connectivity index (χ4v) is 3.05. The molecule has 0 bridgehead atoms. The van der Waals surface area contributed by atoms with Crippen molar-refractivity contribution in [2.75, 3.05) is 7.05 Å². The Morgan fingerprint density at radius 2 is 2.25 bits per heavy atom. The van der Waals surface area contributed by atoms with Crippen LogP contribution in [0.15, 0.2) is 22.9 Å². The lowest BCUT2D eigenvalue weighted by atomic mass is 10.0. The zero-order valence-electron chi connectivity index (χ0n) is 11.8. The summed E-state index contributed by atoms with van der Waals surface area (Å²) in [6, 6.07) is 1.59. The molecular formula is C14H18BrFN4. The number of halogens is 2. The van der Waals surface area contributed by atoms with Crippen molar-refractivity contribution in [1.29, 1.82) is 0 Å². The Balaban J connectivity index is 2.32. The van der Waals surface area contributed by atoms with Crippen LogP contribution < -0.4 is 5.32 Å². The predicted molar refractivity (Wildman–Crippen MR) is 80.0 cm³/mol. The van der Waals surface area contributed by atoms with Crippen LogP contribution in [0.5, 0.6) is 0 Å². The topological polar surface area (TPSA) is 42.7 Å². The van der Waals surface area contributed by atoms with E-state index in [1.807, 2.05) is 18.8 Å². The number of rotatable bonds is 5. The molecule has 0 radical (unpaired) electrons. The lowest BCUT2D eigenvalue weighted by Gasteiger charge is -2.17. The van der Waals surface area contributed by atoms with Crippen molar-refractivity contribution in [1.82, 2.24) is 20.1 Å². The van der Waals surface area contributed by atoms with Crippen LogP contribution in [-0.2, 0) is 19.9 Å². The first kappa shape index (κ1) is 15.1. The highest BCUT2D eigenvalue weighted by Gasteiger charge is 2.20. The van der Waals surface area contributed by atoms with E-state index < -0.39 is 0 Å². The van der Waals surface area contributed by atoms with Crippen LogP contribution in [0.25, 0.3) is 0 Å². The number of aromatic nitrogens is 3. The van der Waals surface area contributed by atoms with Crippen LogP contribution in [0.2, 0.25) is 0 Å². The van der Waals surface area contributed by atoms with Crippen LogP contribution >= 0.6 is 15.9 Å². The number of nitrogens with one attached hydrogen (secondary N) is 1. The lowest BCUT2D eigenvalue weighted by Crippen LogP contribution is -2.21. The molecule has 0 fully saturated rings. The van der Waals surface area contributed by atoms with Gasteiger partial charge in [0.1, 0.15) is 5.82 Å². The van der Waals surface area contributed by atoms with Crippen molar-refractivity contribution in [3.8, 4) is 0 Å². The summed E-state index contributed by atoms with van der Waals surface area (Å²) in [5.74, 6) is -0.291. The van der Waals surface area contributed by atoms with E-state index >= 15 is 0 Å². The number of nitrogens with zero attached hydrogens (tertiary/aromatic N) is 3. The van der Waals surface area contributed by atoms with Crippen molar-refractivity contribution >= 4 is 15.9 Å². The van der Waals surface area contributed by atoms with Crippen LogP contribution in [0.3, 0.4) is 0 Å². The maximum Gasteiger partial charge on any atom is 0.146 e. The molecule has 0 aliphatic heterocycles. The van der Waals surface area contributed by atoms with E-state index in [0.717, 1.165) is 22.3 Å². The molecule has 1 atom stereocenters. The molecule has 20 heavy (non-hydrogen) atoms. The van der Waals surface area contributed by atoms with Crippen LogP contribution in [0.1, 0.15) is 29.9 Å². The van der Waals surface area contributed by atoms with Gasteiger partial charge in [0, 0.05) is 31.3 Å². The third-order valence-electron chi connectivity index (χ3n) is 3.43. The third-order valence-corrected chi connectivity index (χ3v) is 4.34. The average Bonchev–Trinajstić information content (AvgIpc) is 2.72. The van der Waals surface area contributed by atoms with Crippen LogP contribution in [-0.4, -0.2) is 21.8 Å². The molecule has 2 rings (SSSR count). The van der Waals surface area contributed by atoms with Crippen molar-refractivity contribution in [2.24, 2.45) is 7.05 Å². The zero-order valence-corrected chi connectivity index (χ0v) is 13.4. The largest absolute Gasteiger partial charge is 0.313 e. The van der Waals surface area contributed by atoms with Crippen molar-refractivity contribution in [3.63, 3.8) is 0 Å². The number of likely N-dealkylation sites (N-methyl/N-ethyl adjacent to an activating group) is 1. The molecule has 0 aliphatic carbocycles. The Labute approximate surface area is 126 Å². The summed E-state index contributed by atoms with van der Waals surface area (Å²) in [5, 5.41) is 7.63. The molecular weight excluding hydrogens is 323 g/mol. The second-order valence-corrected chi connectivity index (χ2v) is 5.42. The molecule has 0 aliphatic rings. The molecule has 0 aromatic carbocycles. The maximum atomic E-state index is 13.9. The van der Waals surface area contributed by atoms with Gasteiger partial charge in [-0.3, -0.25) is 9.67 Å². The molecule has 2 heterocycles. The molecule has 108 valence electrons. The van der Waals surface area contributed by atoms with E-state index in [0.29, 0.717) is 12.0 Å². The van der Waals surface area contributed by atoms with E-state index in [9.17, 15) is 4.39 Å². The van der Waals surface area contributed by atoms with Crippen LogP contribution in [0, 0.1) is 5.82 Å². The maximum absolute atomic E-state index is 13.9. The lowest BCUT2D eigenvalue weighted by molar-refractivity contribution is 0.516. The van der Waals surface area contributed by atoms with Gasteiger partial charge in [-0.1, -0.05) is 6.92 Å². The highest BCUT2D eigenvalue weighted by Crippen LogP contribution is 2.27. The standard InChI is InChI=1S/C14H18BrFN4/c1-4-11-14(15)13(20(3)19-11)7-12(17-2)9-5-6-18-8-10(9)16/h5-6,8,12,17H,4,7H2,1-3H3. The van der Waals surface area contributed by atoms with E-state index in [1.54, 1.807) is 12.3 Å².